The maximum absolute atomic E-state index is 11.4. The van der Waals surface area contributed by atoms with Crippen molar-refractivity contribution >= 4 is 25.7 Å². The third kappa shape index (κ3) is 7.96. The molecule has 128 valence electrons. The molecule has 0 aliphatic rings. The van der Waals surface area contributed by atoms with Crippen LogP contribution in [-0.2, 0) is 23.6 Å². The largest absolute Gasteiger partial charge is 0.508 e. The molecule has 0 heterocycles. The number of hydrogen-bond acceptors (Lipinski definition) is 6. The van der Waals surface area contributed by atoms with Crippen LogP contribution in [0.1, 0.15) is 26.2 Å². The second-order valence-corrected chi connectivity index (χ2v) is 6.33. The molecule has 0 saturated heterocycles. The molecule has 0 aromatic rings. The molecule has 4 N–H and O–H groups in total. The second kappa shape index (κ2) is 8.72. The summed E-state index contributed by atoms with van der Waals surface area (Å²) in [6.45, 7) is 0.852. The highest BCUT2D eigenvalue weighted by Crippen LogP contribution is 2.44. The Hall–Kier alpha value is -1.64. The normalized spacial score (nSPS) is 14.0. The summed E-state index contributed by atoms with van der Waals surface area (Å²) in [5.41, 5.74) is -2.21. The summed E-state index contributed by atoms with van der Waals surface area (Å²) in [6, 6.07) is 0. The van der Waals surface area contributed by atoms with E-state index in [9.17, 15) is 24.1 Å². The van der Waals surface area contributed by atoms with Gasteiger partial charge >= 0.3 is 25.7 Å². The van der Waals surface area contributed by atoms with Gasteiger partial charge in [-0.05, 0) is 12.8 Å². The zero-order valence-corrected chi connectivity index (χ0v) is 12.8. The summed E-state index contributed by atoms with van der Waals surface area (Å²) < 4.78 is 20.3. The molecule has 0 fully saturated rings. The summed E-state index contributed by atoms with van der Waals surface area (Å²) in [4.78, 5) is 51.2. The molecule has 0 rings (SSSR count). The van der Waals surface area contributed by atoms with Gasteiger partial charge < -0.3 is 29.5 Å². The van der Waals surface area contributed by atoms with Crippen molar-refractivity contribution in [1.29, 1.82) is 0 Å². The standard InChI is InChI=1S/C11H19O10P/c1-2-5-20-10(16)21-6-11(9(14)15,4-3-8(12)13)7-22(17,18)19/h2-7H2,1H3,(H,12,13)(H,14,15)(H2,17,18,19). The smallest absolute Gasteiger partial charge is 0.481 e. The van der Waals surface area contributed by atoms with Gasteiger partial charge in [0.2, 0.25) is 0 Å². The number of carboxylic acid groups (broad SMARTS) is 2. The lowest BCUT2D eigenvalue weighted by atomic mass is 9.86. The highest BCUT2D eigenvalue weighted by molar-refractivity contribution is 7.51. The van der Waals surface area contributed by atoms with Crippen molar-refractivity contribution in [3.8, 4) is 0 Å². The number of carbonyl (C=O) groups is 3. The Balaban J connectivity index is 5.09. The van der Waals surface area contributed by atoms with E-state index in [0.717, 1.165) is 0 Å². The molecule has 0 aromatic heterocycles. The van der Waals surface area contributed by atoms with Gasteiger partial charge in [0.25, 0.3) is 0 Å². The first kappa shape index (κ1) is 20.4. The third-order valence-corrected chi connectivity index (χ3v) is 3.69. The minimum absolute atomic E-state index is 0.0342. The van der Waals surface area contributed by atoms with E-state index in [-0.39, 0.29) is 6.61 Å². The van der Waals surface area contributed by atoms with E-state index < -0.39 is 56.7 Å². The summed E-state index contributed by atoms with van der Waals surface area (Å²) in [6.07, 6.45) is -3.10. The van der Waals surface area contributed by atoms with Gasteiger partial charge in [-0.25, -0.2) is 4.79 Å². The van der Waals surface area contributed by atoms with Crippen LogP contribution in [0.2, 0.25) is 0 Å². The van der Waals surface area contributed by atoms with Crippen LogP contribution in [0.15, 0.2) is 0 Å². The summed E-state index contributed by atoms with van der Waals surface area (Å²) >= 11 is 0. The van der Waals surface area contributed by atoms with Gasteiger partial charge in [-0.2, -0.15) is 0 Å². The van der Waals surface area contributed by atoms with E-state index in [1.165, 1.54) is 0 Å². The van der Waals surface area contributed by atoms with Crippen molar-refractivity contribution in [3.63, 3.8) is 0 Å². The molecule has 0 aliphatic heterocycles. The Bertz CT molecular complexity index is 456. The van der Waals surface area contributed by atoms with Crippen molar-refractivity contribution < 1.29 is 48.4 Å². The van der Waals surface area contributed by atoms with Gasteiger partial charge in [0.05, 0.1) is 12.8 Å². The molecule has 10 nitrogen and oxygen atoms in total. The first-order valence-corrected chi connectivity index (χ1v) is 8.11. The van der Waals surface area contributed by atoms with E-state index in [1.54, 1.807) is 6.92 Å². The van der Waals surface area contributed by atoms with Gasteiger partial charge in [-0.15, -0.1) is 0 Å². The Morgan fingerprint density at radius 2 is 1.73 bits per heavy atom. The Kier molecular flexibility index (Phi) is 8.07. The molecule has 22 heavy (non-hydrogen) atoms. The lowest BCUT2D eigenvalue weighted by molar-refractivity contribution is -0.152. The Morgan fingerprint density at radius 1 is 1.14 bits per heavy atom. The predicted octanol–water partition coefficient (Wildman–Crippen LogP) is 0.663. The van der Waals surface area contributed by atoms with Crippen LogP contribution < -0.4 is 0 Å². The van der Waals surface area contributed by atoms with E-state index in [4.69, 9.17) is 14.9 Å². The predicted molar refractivity (Wildman–Crippen MR) is 71.4 cm³/mol. The fraction of sp³-hybridized carbons (Fsp3) is 0.727. The van der Waals surface area contributed by atoms with Crippen LogP contribution in [0.25, 0.3) is 0 Å². The van der Waals surface area contributed by atoms with Crippen LogP contribution in [0.4, 0.5) is 4.79 Å². The first-order chi connectivity index (χ1) is 10.0. The fourth-order valence-electron chi connectivity index (χ4n) is 1.60. The minimum atomic E-state index is -4.79. The van der Waals surface area contributed by atoms with E-state index in [0.29, 0.717) is 6.42 Å². The van der Waals surface area contributed by atoms with E-state index >= 15 is 0 Å². The molecule has 1 atom stereocenters. The molecule has 0 bridgehead atoms. The van der Waals surface area contributed by atoms with E-state index in [1.807, 2.05) is 0 Å². The Labute approximate surface area is 126 Å². The van der Waals surface area contributed by atoms with Crippen LogP contribution >= 0.6 is 7.60 Å². The van der Waals surface area contributed by atoms with Gasteiger partial charge in [-0.3, -0.25) is 14.2 Å². The SMILES string of the molecule is CCCOC(=O)OCC(CCC(=O)O)(CP(=O)(O)O)C(=O)O. The summed E-state index contributed by atoms with van der Waals surface area (Å²) in [7, 11) is -4.79. The van der Waals surface area contributed by atoms with Crippen molar-refractivity contribution in [2.24, 2.45) is 5.41 Å². The molecule has 0 aliphatic carbocycles. The first-order valence-electron chi connectivity index (χ1n) is 6.32. The number of rotatable bonds is 10. The lowest BCUT2D eigenvalue weighted by Gasteiger charge is -2.28. The number of carboxylic acids is 2. The Morgan fingerprint density at radius 3 is 2.14 bits per heavy atom. The third-order valence-electron chi connectivity index (χ3n) is 2.67. The van der Waals surface area contributed by atoms with Crippen LogP contribution in [0.5, 0.6) is 0 Å². The number of carbonyl (C=O) groups excluding carboxylic acids is 1. The molecule has 0 aromatic carbocycles. The van der Waals surface area contributed by atoms with Crippen LogP contribution in [-0.4, -0.2) is 57.5 Å². The quantitative estimate of drug-likeness (QED) is 0.327. The fourth-order valence-corrected chi connectivity index (χ4v) is 2.77. The average Bonchev–Trinajstić information content (AvgIpc) is 2.37. The number of ether oxygens (including phenoxy) is 2. The zero-order chi connectivity index (χ0) is 17.4. The van der Waals surface area contributed by atoms with Crippen molar-refractivity contribution in [2.75, 3.05) is 19.4 Å². The molecule has 0 saturated carbocycles. The molecule has 0 radical (unpaired) electrons. The minimum Gasteiger partial charge on any atom is -0.481 e. The highest BCUT2D eigenvalue weighted by Gasteiger charge is 2.45. The molecule has 0 spiro atoms. The van der Waals surface area contributed by atoms with E-state index in [2.05, 4.69) is 9.47 Å². The summed E-state index contributed by atoms with van der Waals surface area (Å²) in [5, 5.41) is 17.9. The van der Waals surface area contributed by atoms with Crippen molar-refractivity contribution in [2.45, 2.75) is 26.2 Å². The van der Waals surface area contributed by atoms with Gasteiger partial charge in [0, 0.05) is 6.42 Å². The van der Waals surface area contributed by atoms with Crippen LogP contribution in [0, 0.1) is 5.41 Å². The number of hydrogen-bond donors (Lipinski definition) is 4. The monoisotopic (exact) mass is 342 g/mol. The van der Waals surface area contributed by atoms with Crippen molar-refractivity contribution in [3.05, 3.63) is 0 Å². The molecular weight excluding hydrogens is 323 g/mol. The second-order valence-electron chi connectivity index (χ2n) is 4.69. The highest BCUT2D eigenvalue weighted by atomic mass is 31.2. The average molecular weight is 342 g/mol. The molecule has 1 unspecified atom stereocenters. The van der Waals surface area contributed by atoms with Gasteiger partial charge in [-0.1, -0.05) is 6.92 Å². The maximum atomic E-state index is 11.4. The van der Waals surface area contributed by atoms with Gasteiger partial charge in [0.1, 0.15) is 12.0 Å². The van der Waals surface area contributed by atoms with Gasteiger partial charge in [0.15, 0.2) is 0 Å². The lowest BCUT2D eigenvalue weighted by Crippen LogP contribution is -2.40. The zero-order valence-electron chi connectivity index (χ0n) is 11.9. The van der Waals surface area contributed by atoms with Crippen molar-refractivity contribution in [1.82, 2.24) is 0 Å². The molecule has 0 amide bonds. The molecule has 11 heteroatoms. The molecular formula is C11H19O10P. The maximum Gasteiger partial charge on any atom is 0.508 e. The number of aliphatic carboxylic acids is 2. The topological polar surface area (TPSA) is 168 Å². The van der Waals surface area contributed by atoms with Crippen LogP contribution in [0.3, 0.4) is 0 Å². The summed E-state index contributed by atoms with van der Waals surface area (Å²) in [5.74, 6) is -3.01.